The van der Waals surface area contributed by atoms with E-state index < -0.39 is 0 Å². The first-order valence-electron chi connectivity index (χ1n) is 8.27. The van der Waals surface area contributed by atoms with Gasteiger partial charge in [0.15, 0.2) is 0 Å². The molecule has 1 aromatic rings. The van der Waals surface area contributed by atoms with Gasteiger partial charge in [0.25, 0.3) is 0 Å². The molecule has 0 heterocycles. The van der Waals surface area contributed by atoms with Gasteiger partial charge in [-0.15, -0.1) is 0 Å². The fourth-order valence-corrected chi connectivity index (χ4v) is 2.95. The van der Waals surface area contributed by atoms with Gasteiger partial charge in [-0.1, -0.05) is 19.9 Å². The Morgan fingerprint density at radius 2 is 1.90 bits per heavy atom. The Kier molecular flexibility index (Phi) is 6.09. The van der Waals surface area contributed by atoms with Gasteiger partial charge in [0.2, 0.25) is 5.91 Å². The van der Waals surface area contributed by atoms with E-state index in [2.05, 4.69) is 31.3 Å². The van der Waals surface area contributed by atoms with Crippen LogP contribution in [0.25, 0.3) is 0 Å². The number of fused-ring (bicyclic) bond motifs is 1. The van der Waals surface area contributed by atoms with E-state index in [1.165, 1.54) is 30.4 Å². The minimum absolute atomic E-state index is 0.133. The molecule has 1 aliphatic rings. The zero-order valence-corrected chi connectivity index (χ0v) is 13.3. The van der Waals surface area contributed by atoms with Crippen molar-refractivity contribution in [2.75, 3.05) is 13.2 Å². The maximum absolute atomic E-state index is 11.8. The van der Waals surface area contributed by atoms with Gasteiger partial charge in [-0.3, -0.25) is 4.79 Å². The van der Waals surface area contributed by atoms with Crippen LogP contribution in [-0.2, 0) is 17.6 Å². The maximum atomic E-state index is 11.8. The number of amides is 1. The van der Waals surface area contributed by atoms with Crippen molar-refractivity contribution in [3.8, 4) is 5.75 Å². The van der Waals surface area contributed by atoms with Crippen LogP contribution >= 0.6 is 0 Å². The van der Waals surface area contributed by atoms with Crippen molar-refractivity contribution < 1.29 is 9.53 Å². The number of nitrogens with one attached hydrogen (secondary N) is 1. The number of carbonyl (C=O) groups is 1. The standard InChI is InChI=1S/C18H27NO2/c1-3-14(4-2)18(20)19-11-12-21-17-10-9-15-7-5-6-8-16(15)13-17/h9-10,13-14H,3-8,11-12H2,1-2H3,(H,19,20). The summed E-state index contributed by atoms with van der Waals surface area (Å²) in [5.41, 5.74) is 2.90. The summed E-state index contributed by atoms with van der Waals surface area (Å²) in [7, 11) is 0. The molecule has 3 nitrogen and oxygen atoms in total. The SMILES string of the molecule is CCC(CC)C(=O)NCCOc1ccc2c(c1)CCCC2. The Labute approximate surface area is 128 Å². The van der Waals surface area contributed by atoms with Gasteiger partial charge in [-0.2, -0.15) is 0 Å². The van der Waals surface area contributed by atoms with Crippen molar-refractivity contribution in [3.05, 3.63) is 29.3 Å². The minimum Gasteiger partial charge on any atom is -0.492 e. The summed E-state index contributed by atoms with van der Waals surface area (Å²) >= 11 is 0. The third-order valence-electron chi connectivity index (χ3n) is 4.35. The average Bonchev–Trinajstić information content (AvgIpc) is 2.52. The fraction of sp³-hybridized carbons (Fsp3) is 0.611. The van der Waals surface area contributed by atoms with Gasteiger partial charge >= 0.3 is 0 Å². The van der Waals surface area contributed by atoms with E-state index in [9.17, 15) is 4.79 Å². The Morgan fingerprint density at radius 3 is 2.62 bits per heavy atom. The maximum Gasteiger partial charge on any atom is 0.223 e. The van der Waals surface area contributed by atoms with Crippen LogP contribution in [-0.4, -0.2) is 19.1 Å². The topological polar surface area (TPSA) is 38.3 Å². The molecule has 1 aromatic carbocycles. The molecule has 116 valence electrons. The lowest BCUT2D eigenvalue weighted by molar-refractivity contribution is -0.125. The van der Waals surface area contributed by atoms with Gasteiger partial charge in [0.1, 0.15) is 12.4 Å². The Balaban J connectivity index is 1.75. The molecule has 2 rings (SSSR count). The van der Waals surface area contributed by atoms with E-state index >= 15 is 0 Å². The molecule has 0 radical (unpaired) electrons. The number of hydrogen-bond acceptors (Lipinski definition) is 2. The number of hydrogen-bond donors (Lipinski definition) is 1. The fourth-order valence-electron chi connectivity index (χ4n) is 2.95. The summed E-state index contributed by atoms with van der Waals surface area (Å²) in [6.07, 6.45) is 6.73. The molecule has 0 bridgehead atoms. The zero-order valence-electron chi connectivity index (χ0n) is 13.3. The molecular formula is C18H27NO2. The van der Waals surface area contributed by atoms with Crippen molar-refractivity contribution in [1.82, 2.24) is 5.32 Å². The normalized spacial score (nSPS) is 13.9. The number of carbonyl (C=O) groups excluding carboxylic acids is 1. The summed E-state index contributed by atoms with van der Waals surface area (Å²) in [5.74, 6) is 1.20. The van der Waals surface area contributed by atoms with Crippen LogP contribution in [0.1, 0.15) is 50.7 Å². The molecular weight excluding hydrogens is 262 g/mol. The molecule has 0 saturated heterocycles. The third kappa shape index (κ3) is 4.48. The predicted octanol–water partition coefficient (Wildman–Crippen LogP) is 3.50. The van der Waals surface area contributed by atoms with Gasteiger partial charge in [0.05, 0.1) is 6.54 Å². The molecule has 0 aliphatic heterocycles. The lowest BCUT2D eigenvalue weighted by Crippen LogP contribution is -2.33. The van der Waals surface area contributed by atoms with Gasteiger partial charge in [0, 0.05) is 5.92 Å². The van der Waals surface area contributed by atoms with E-state index in [1.807, 2.05) is 6.07 Å². The molecule has 0 aromatic heterocycles. The third-order valence-corrected chi connectivity index (χ3v) is 4.35. The molecule has 0 atom stereocenters. The van der Waals surface area contributed by atoms with Gasteiger partial charge in [-0.25, -0.2) is 0 Å². The first-order valence-corrected chi connectivity index (χ1v) is 8.27. The van der Waals surface area contributed by atoms with Crippen LogP contribution in [0.4, 0.5) is 0 Å². The predicted molar refractivity (Wildman–Crippen MR) is 85.7 cm³/mol. The van der Waals surface area contributed by atoms with Gasteiger partial charge in [-0.05, 0) is 61.8 Å². The summed E-state index contributed by atoms with van der Waals surface area (Å²) in [5, 5.41) is 2.95. The average molecular weight is 289 g/mol. The Morgan fingerprint density at radius 1 is 1.19 bits per heavy atom. The Hall–Kier alpha value is -1.51. The second-order valence-electron chi connectivity index (χ2n) is 5.79. The van der Waals surface area contributed by atoms with Crippen LogP contribution in [0.2, 0.25) is 0 Å². The van der Waals surface area contributed by atoms with Crippen molar-refractivity contribution in [3.63, 3.8) is 0 Å². The molecule has 3 heteroatoms. The lowest BCUT2D eigenvalue weighted by Gasteiger charge is -2.17. The van der Waals surface area contributed by atoms with E-state index in [-0.39, 0.29) is 11.8 Å². The quantitative estimate of drug-likeness (QED) is 0.780. The first-order chi connectivity index (χ1) is 10.2. The molecule has 0 unspecified atom stereocenters. The molecule has 1 N–H and O–H groups in total. The van der Waals surface area contributed by atoms with Crippen LogP contribution in [0, 0.1) is 5.92 Å². The molecule has 0 saturated carbocycles. The molecule has 0 spiro atoms. The van der Waals surface area contributed by atoms with Crippen LogP contribution in [0.5, 0.6) is 5.75 Å². The van der Waals surface area contributed by atoms with Crippen LogP contribution < -0.4 is 10.1 Å². The number of aryl methyl sites for hydroxylation is 2. The molecule has 1 amide bonds. The number of benzene rings is 1. The monoisotopic (exact) mass is 289 g/mol. The summed E-state index contributed by atoms with van der Waals surface area (Å²) < 4.78 is 5.75. The van der Waals surface area contributed by atoms with Crippen molar-refractivity contribution in [2.45, 2.75) is 52.4 Å². The summed E-state index contributed by atoms with van der Waals surface area (Å²) in [4.78, 5) is 11.8. The second-order valence-corrected chi connectivity index (χ2v) is 5.79. The van der Waals surface area contributed by atoms with Crippen molar-refractivity contribution >= 4 is 5.91 Å². The van der Waals surface area contributed by atoms with E-state index in [0.29, 0.717) is 13.2 Å². The highest BCUT2D eigenvalue weighted by atomic mass is 16.5. The number of rotatable bonds is 7. The lowest BCUT2D eigenvalue weighted by atomic mass is 9.92. The smallest absolute Gasteiger partial charge is 0.223 e. The Bertz CT molecular complexity index is 466. The highest BCUT2D eigenvalue weighted by molar-refractivity contribution is 5.78. The van der Waals surface area contributed by atoms with Crippen molar-refractivity contribution in [1.29, 1.82) is 0 Å². The molecule has 0 fully saturated rings. The highest BCUT2D eigenvalue weighted by Gasteiger charge is 2.13. The summed E-state index contributed by atoms with van der Waals surface area (Å²) in [6.45, 7) is 5.21. The highest BCUT2D eigenvalue weighted by Crippen LogP contribution is 2.25. The molecule has 1 aliphatic carbocycles. The van der Waals surface area contributed by atoms with Crippen LogP contribution in [0.15, 0.2) is 18.2 Å². The first kappa shape index (κ1) is 15.9. The second kappa shape index (κ2) is 8.06. The van der Waals surface area contributed by atoms with E-state index in [0.717, 1.165) is 25.0 Å². The largest absolute Gasteiger partial charge is 0.492 e. The minimum atomic E-state index is 0.133. The van der Waals surface area contributed by atoms with Crippen molar-refractivity contribution in [2.24, 2.45) is 5.92 Å². The van der Waals surface area contributed by atoms with E-state index in [4.69, 9.17) is 4.74 Å². The number of ether oxygens (including phenoxy) is 1. The summed E-state index contributed by atoms with van der Waals surface area (Å²) in [6, 6.07) is 6.40. The van der Waals surface area contributed by atoms with E-state index in [1.54, 1.807) is 0 Å². The zero-order chi connectivity index (χ0) is 15.1. The van der Waals surface area contributed by atoms with Gasteiger partial charge < -0.3 is 10.1 Å². The molecule has 21 heavy (non-hydrogen) atoms. The van der Waals surface area contributed by atoms with Crippen LogP contribution in [0.3, 0.4) is 0 Å².